The largest absolute Gasteiger partial charge is 0.388 e. The zero-order chi connectivity index (χ0) is 13.6. The van der Waals surface area contributed by atoms with Crippen molar-refractivity contribution in [2.45, 2.75) is 44.0 Å². The summed E-state index contributed by atoms with van der Waals surface area (Å²) >= 11 is 0. The number of hydrogen-bond donors (Lipinski definition) is 3. The molecule has 0 aromatic carbocycles. The Bertz CT molecular complexity index is 271. The number of nitrogens with two attached hydrogens (primary N) is 1. The monoisotopic (exact) mass is 260 g/mol. The summed E-state index contributed by atoms with van der Waals surface area (Å²) in [4.78, 5) is 11.8. The van der Waals surface area contributed by atoms with Crippen LogP contribution in [-0.4, -0.2) is 55.6 Å². The minimum Gasteiger partial charge on any atom is -0.388 e. The molecule has 18 heavy (non-hydrogen) atoms. The van der Waals surface area contributed by atoms with Crippen molar-refractivity contribution in [3.8, 4) is 0 Å². The summed E-state index contributed by atoms with van der Waals surface area (Å²) in [6.45, 7) is 2.76. The number of ether oxygens (including phenoxy) is 2. The van der Waals surface area contributed by atoms with E-state index in [1.165, 1.54) is 0 Å². The first-order valence-corrected chi connectivity index (χ1v) is 6.33. The Kier molecular flexibility index (Phi) is 6.01. The molecule has 0 aromatic heterocycles. The molecule has 1 aliphatic rings. The summed E-state index contributed by atoms with van der Waals surface area (Å²) in [7, 11) is 1.58. The van der Waals surface area contributed by atoms with Crippen LogP contribution in [0.1, 0.15) is 26.2 Å². The Morgan fingerprint density at radius 2 is 2.33 bits per heavy atom. The van der Waals surface area contributed by atoms with Crippen LogP contribution in [0.5, 0.6) is 0 Å². The van der Waals surface area contributed by atoms with Gasteiger partial charge in [-0.2, -0.15) is 0 Å². The van der Waals surface area contributed by atoms with E-state index in [0.29, 0.717) is 26.0 Å². The molecule has 0 saturated carbocycles. The van der Waals surface area contributed by atoms with Crippen molar-refractivity contribution >= 4 is 5.91 Å². The summed E-state index contributed by atoms with van der Waals surface area (Å²) in [5, 5.41) is 12.7. The fourth-order valence-electron chi connectivity index (χ4n) is 1.87. The van der Waals surface area contributed by atoms with Gasteiger partial charge >= 0.3 is 0 Å². The second-order valence-electron chi connectivity index (χ2n) is 5.02. The third-order valence-corrected chi connectivity index (χ3v) is 3.15. The number of hydrogen-bond acceptors (Lipinski definition) is 5. The second kappa shape index (κ2) is 7.04. The van der Waals surface area contributed by atoms with Gasteiger partial charge < -0.3 is 25.6 Å². The topological polar surface area (TPSA) is 93.8 Å². The lowest BCUT2D eigenvalue weighted by Crippen LogP contribution is -2.45. The highest BCUT2D eigenvalue weighted by Gasteiger charge is 2.31. The van der Waals surface area contributed by atoms with Crippen LogP contribution in [0.4, 0.5) is 0 Å². The summed E-state index contributed by atoms with van der Waals surface area (Å²) in [6.07, 6.45) is 1.52. The molecule has 6 nitrogen and oxygen atoms in total. The first-order valence-electron chi connectivity index (χ1n) is 6.33. The summed E-state index contributed by atoms with van der Waals surface area (Å²) in [5.74, 6) is -0.177. The predicted octanol–water partition coefficient (Wildman–Crippen LogP) is -0.604. The van der Waals surface area contributed by atoms with Crippen LogP contribution >= 0.6 is 0 Å². The zero-order valence-electron chi connectivity index (χ0n) is 11.1. The van der Waals surface area contributed by atoms with Gasteiger partial charge in [-0.3, -0.25) is 4.79 Å². The third kappa shape index (κ3) is 4.89. The van der Waals surface area contributed by atoms with Crippen LogP contribution in [0.25, 0.3) is 0 Å². The Balaban J connectivity index is 2.28. The summed E-state index contributed by atoms with van der Waals surface area (Å²) in [5.41, 5.74) is 4.52. The van der Waals surface area contributed by atoms with Crippen molar-refractivity contribution in [1.29, 1.82) is 0 Å². The fourth-order valence-corrected chi connectivity index (χ4v) is 1.87. The SMILES string of the molecule is COCCC(C)(O)CNC(=O)C1CCC(CN)O1. The van der Waals surface area contributed by atoms with E-state index in [9.17, 15) is 9.90 Å². The molecule has 1 fully saturated rings. The van der Waals surface area contributed by atoms with Crippen molar-refractivity contribution in [2.75, 3.05) is 26.8 Å². The molecule has 0 spiro atoms. The predicted molar refractivity (Wildman–Crippen MR) is 67.1 cm³/mol. The average molecular weight is 260 g/mol. The van der Waals surface area contributed by atoms with Gasteiger partial charge in [0.2, 0.25) is 5.91 Å². The molecule has 106 valence electrons. The van der Waals surface area contributed by atoms with E-state index >= 15 is 0 Å². The van der Waals surface area contributed by atoms with Gasteiger partial charge in [-0.1, -0.05) is 0 Å². The molecule has 1 aliphatic heterocycles. The van der Waals surface area contributed by atoms with Crippen molar-refractivity contribution in [2.24, 2.45) is 5.73 Å². The Labute approximate surface area is 108 Å². The maximum absolute atomic E-state index is 11.8. The second-order valence-corrected chi connectivity index (χ2v) is 5.02. The number of amides is 1. The Morgan fingerprint density at radius 3 is 2.89 bits per heavy atom. The van der Waals surface area contributed by atoms with Crippen molar-refractivity contribution in [1.82, 2.24) is 5.32 Å². The number of nitrogens with one attached hydrogen (secondary N) is 1. The lowest BCUT2D eigenvalue weighted by atomic mass is 10.0. The normalized spacial score (nSPS) is 26.9. The van der Waals surface area contributed by atoms with E-state index in [2.05, 4.69) is 5.32 Å². The molecule has 1 amide bonds. The van der Waals surface area contributed by atoms with E-state index in [1.54, 1.807) is 14.0 Å². The summed E-state index contributed by atoms with van der Waals surface area (Å²) < 4.78 is 10.4. The van der Waals surface area contributed by atoms with Crippen LogP contribution in [0.3, 0.4) is 0 Å². The zero-order valence-corrected chi connectivity index (χ0v) is 11.1. The van der Waals surface area contributed by atoms with Gasteiger partial charge in [0.25, 0.3) is 0 Å². The Morgan fingerprint density at radius 1 is 1.61 bits per heavy atom. The van der Waals surface area contributed by atoms with E-state index in [0.717, 1.165) is 6.42 Å². The molecule has 1 saturated heterocycles. The number of carbonyl (C=O) groups is 1. The van der Waals surface area contributed by atoms with Crippen molar-refractivity contribution < 1.29 is 19.4 Å². The highest BCUT2D eigenvalue weighted by atomic mass is 16.5. The molecule has 3 atom stereocenters. The van der Waals surface area contributed by atoms with Crippen LogP contribution in [-0.2, 0) is 14.3 Å². The molecule has 0 radical (unpaired) electrons. The maximum Gasteiger partial charge on any atom is 0.249 e. The first-order chi connectivity index (χ1) is 8.48. The number of methoxy groups -OCH3 is 1. The molecule has 1 rings (SSSR count). The first kappa shape index (κ1) is 15.4. The molecule has 3 unspecified atom stereocenters. The molecule has 6 heteroatoms. The molecule has 0 aliphatic carbocycles. The number of carbonyl (C=O) groups excluding carboxylic acids is 1. The van der Waals surface area contributed by atoms with E-state index in [1.807, 2.05) is 0 Å². The average Bonchev–Trinajstić information content (AvgIpc) is 2.82. The van der Waals surface area contributed by atoms with E-state index in [-0.39, 0.29) is 18.6 Å². The number of aliphatic hydroxyl groups is 1. The van der Waals surface area contributed by atoms with Gasteiger partial charge in [-0.25, -0.2) is 0 Å². The van der Waals surface area contributed by atoms with Crippen molar-refractivity contribution in [3.63, 3.8) is 0 Å². The van der Waals surface area contributed by atoms with Gasteiger partial charge in [-0.05, 0) is 19.8 Å². The minimum absolute atomic E-state index is 0.0187. The summed E-state index contributed by atoms with van der Waals surface area (Å²) in [6, 6.07) is 0. The third-order valence-electron chi connectivity index (χ3n) is 3.15. The van der Waals surface area contributed by atoms with Gasteiger partial charge in [0.05, 0.1) is 11.7 Å². The van der Waals surface area contributed by atoms with Crippen LogP contribution in [0.15, 0.2) is 0 Å². The standard InChI is InChI=1S/C12H24N2O4/c1-12(16,5-6-17-2)8-14-11(15)10-4-3-9(7-13)18-10/h9-10,16H,3-8,13H2,1-2H3,(H,14,15). The molecule has 0 aromatic rings. The molecular formula is C12H24N2O4. The lowest BCUT2D eigenvalue weighted by Gasteiger charge is -2.24. The smallest absolute Gasteiger partial charge is 0.249 e. The van der Waals surface area contributed by atoms with E-state index in [4.69, 9.17) is 15.2 Å². The van der Waals surface area contributed by atoms with Gasteiger partial charge in [0, 0.05) is 33.2 Å². The fraction of sp³-hybridized carbons (Fsp3) is 0.917. The van der Waals surface area contributed by atoms with Gasteiger partial charge in [-0.15, -0.1) is 0 Å². The maximum atomic E-state index is 11.8. The molecule has 0 bridgehead atoms. The molecular weight excluding hydrogens is 236 g/mol. The van der Waals surface area contributed by atoms with Crippen LogP contribution < -0.4 is 11.1 Å². The number of rotatable bonds is 7. The van der Waals surface area contributed by atoms with Crippen LogP contribution in [0.2, 0.25) is 0 Å². The Hall–Kier alpha value is -0.690. The van der Waals surface area contributed by atoms with Crippen LogP contribution in [0, 0.1) is 0 Å². The molecule has 1 heterocycles. The quantitative estimate of drug-likeness (QED) is 0.568. The molecule has 4 N–H and O–H groups in total. The van der Waals surface area contributed by atoms with Crippen molar-refractivity contribution in [3.05, 3.63) is 0 Å². The van der Waals surface area contributed by atoms with Gasteiger partial charge in [0.15, 0.2) is 0 Å². The highest BCUT2D eigenvalue weighted by Crippen LogP contribution is 2.19. The highest BCUT2D eigenvalue weighted by molar-refractivity contribution is 5.81. The van der Waals surface area contributed by atoms with E-state index < -0.39 is 11.7 Å². The minimum atomic E-state index is -0.961. The lowest BCUT2D eigenvalue weighted by molar-refractivity contribution is -0.133. The van der Waals surface area contributed by atoms with Gasteiger partial charge in [0.1, 0.15) is 6.10 Å².